The Balaban J connectivity index is 1.94. The van der Waals surface area contributed by atoms with Gasteiger partial charge in [0.15, 0.2) is 0 Å². The fourth-order valence-corrected chi connectivity index (χ4v) is 4.36. The Kier molecular flexibility index (Phi) is 4.57. The lowest BCUT2D eigenvalue weighted by Crippen LogP contribution is -2.36. The lowest BCUT2D eigenvalue weighted by molar-refractivity contribution is 0.327. The van der Waals surface area contributed by atoms with Crippen molar-refractivity contribution in [3.63, 3.8) is 0 Å². The van der Waals surface area contributed by atoms with Crippen LogP contribution in [0, 0.1) is 0 Å². The fourth-order valence-electron chi connectivity index (χ4n) is 2.68. The van der Waals surface area contributed by atoms with Crippen molar-refractivity contribution in [1.29, 1.82) is 0 Å². The molecule has 1 aliphatic rings. The molecule has 122 valence electrons. The van der Waals surface area contributed by atoms with Gasteiger partial charge in [-0.1, -0.05) is 17.7 Å². The second kappa shape index (κ2) is 6.47. The van der Waals surface area contributed by atoms with E-state index in [-0.39, 0.29) is 4.90 Å². The van der Waals surface area contributed by atoms with Crippen LogP contribution in [0.5, 0.6) is 5.75 Å². The molecule has 5 nitrogen and oxygen atoms in total. The van der Waals surface area contributed by atoms with Crippen LogP contribution in [0.4, 0.5) is 0 Å². The summed E-state index contributed by atoms with van der Waals surface area (Å²) >= 11 is 6.00. The molecule has 1 aromatic heterocycles. The summed E-state index contributed by atoms with van der Waals surface area (Å²) in [6.07, 6.45) is 3.51. The van der Waals surface area contributed by atoms with Gasteiger partial charge in [0.05, 0.1) is 12.8 Å². The predicted octanol–water partition coefficient (Wildman–Crippen LogP) is 2.88. The third-order valence-electron chi connectivity index (χ3n) is 3.81. The van der Waals surface area contributed by atoms with E-state index >= 15 is 0 Å². The Hall–Kier alpha value is -1.63. The Labute approximate surface area is 140 Å². The maximum atomic E-state index is 12.9. The largest absolute Gasteiger partial charge is 0.492 e. The number of sulfonamides is 1. The van der Waals surface area contributed by atoms with Gasteiger partial charge in [0.2, 0.25) is 10.0 Å². The van der Waals surface area contributed by atoms with Crippen LogP contribution in [-0.2, 0) is 23.0 Å². The van der Waals surface area contributed by atoms with E-state index in [0.717, 1.165) is 11.1 Å². The molecule has 0 amide bonds. The average Bonchev–Trinajstić information content (AvgIpc) is 2.55. The number of hydrogen-bond acceptors (Lipinski definition) is 4. The number of ether oxygens (including phenoxy) is 1. The van der Waals surface area contributed by atoms with Gasteiger partial charge in [0.25, 0.3) is 0 Å². The first-order chi connectivity index (χ1) is 11.0. The molecule has 23 heavy (non-hydrogen) atoms. The van der Waals surface area contributed by atoms with Gasteiger partial charge in [-0.25, -0.2) is 8.42 Å². The standard InChI is InChI=1S/C16H17ClN2O3S/c1-2-22-15-5-7-18-10-16(15)23(20,21)19-8-6-12-9-14(17)4-3-13(12)11-19/h3-5,7,9-10H,2,6,8,11H2,1H3. The first-order valence-corrected chi connectivity index (χ1v) is 9.18. The highest BCUT2D eigenvalue weighted by atomic mass is 35.5. The molecule has 1 aliphatic heterocycles. The van der Waals surface area contributed by atoms with Crippen LogP contribution in [0.15, 0.2) is 41.6 Å². The number of rotatable bonds is 4. The smallest absolute Gasteiger partial charge is 0.248 e. The second-order valence-electron chi connectivity index (χ2n) is 5.26. The normalized spacial score (nSPS) is 15.2. The van der Waals surface area contributed by atoms with Crippen molar-refractivity contribution >= 4 is 21.6 Å². The Morgan fingerprint density at radius 1 is 1.30 bits per heavy atom. The van der Waals surface area contributed by atoms with Crippen LogP contribution in [0.1, 0.15) is 18.1 Å². The topological polar surface area (TPSA) is 59.5 Å². The average molecular weight is 353 g/mol. The summed E-state index contributed by atoms with van der Waals surface area (Å²) < 4.78 is 32.8. The van der Waals surface area contributed by atoms with E-state index in [0.29, 0.717) is 36.9 Å². The third kappa shape index (κ3) is 3.20. The first-order valence-electron chi connectivity index (χ1n) is 7.36. The molecule has 1 aromatic carbocycles. The number of hydrogen-bond donors (Lipinski definition) is 0. The number of benzene rings is 1. The van der Waals surface area contributed by atoms with E-state index < -0.39 is 10.0 Å². The van der Waals surface area contributed by atoms with Crippen LogP contribution >= 0.6 is 11.6 Å². The molecule has 0 radical (unpaired) electrons. The molecule has 0 bridgehead atoms. The van der Waals surface area contributed by atoms with Crippen LogP contribution in [0.2, 0.25) is 5.02 Å². The van der Waals surface area contributed by atoms with E-state index in [1.54, 1.807) is 12.1 Å². The predicted molar refractivity (Wildman–Crippen MR) is 88.2 cm³/mol. The van der Waals surface area contributed by atoms with Crippen LogP contribution < -0.4 is 4.74 Å². The van der Waals surface area contributed by atoms with E-state index in [4.69, 9.17) is 16.3 Å². The summed E-state index contributed by atoms with van der Waals surface area (Å²) in [5, 5.41) is 0.672. The summed E-state index contributed by atoms with van der Waals surface area (Å²) in [6.45, 7) is 2.96. The molecular formula is C16H17ClN2O3S. The highest BCUT2D eigenvalue weighted by Gasteiger charge is 2.31. The SMILES string of the molecule is CCOc1ccncc1S(=O)(=O)N1CCc2cc(Cl)ccc2C1. The minimum atomic E-state index is -3.65. The molecule has 0 atom stereocenters. The maximum absolute atomic E-state index is 12.9. The summed E-state index contributed by atoms with van der Waals surface area (Å²) in [7, 11) is -3.65. The summed E-state index contributed by atoms with van der Waals surface area (Å²) in [6, 6.07) is 7.14. The van der Waals surface area contributed by atoms with Crippen molar-refractivity contribution in [2.45, 2.75) is 24.8 Å². The lowest BCUT2D eigenvalue weighted by Gasteiger charge is -2.28. The van der Waals surface area contributed by atoms with Crippen molar-refractivity contribution < 1.29 is 13.2 Å². The van der Waals surface area contributed by atoms with Crippen LogP contribution in [0.3, 0.4) is 0 Å². The van der Waals surface area contributed by atoms with E-state index in [1.807, 2.05) is 19.1 Å². The summed E-state index contributed by atoms with van der Waals surface area (Å²) in [5.74, 6) is 0.337. The summed E-state index contributed by atoms with van der Waals surface area (Å²) in [4.78, 5) is 4.05. The molecule has 0 aliphatic carbocycles. The van der Waals surface area contributed by atoms with Gasteiger partial charge in [-0.3, -0.25) is 4.98 Å². The Morgan fingerprint density at radius 2 is 2.13 bits per heavy atom. The zero-order valence-corrected chi connectivity index (χ0v) is 14.3. The van der Waals surface area contributed by atoms with Gasteiger partial charge < -0.3 is 4.74 Å². The molecule has 2 heterocycles. The molecule has 2 aromatic rings. The molecule has 0 saturated carbocycles. The van der Waals surface area contributed by atoms with E-state index in [2.05, 4.69) is 4.98 Å². The van der Waals surface area contributed by atoms with Crippen LogP contribution in [0.25, 0.3) is 0 Å². The number of nitrogens with zero attached hydrogens (tertiary/aromatic N) is 2. The Morgan fingerprint density at radius 3 is 2.91 bits per heavy atom. The van der Waals surface area contributed by atoms with Gasteiger partial charge in [0, 0.05) is 24.3 Å². The number of halogens is 1. The van der Waals surface area contributed by atoms with Crippen molar-refractivity contribution in [3.8, 4) is 5.75 Å². The zero-order chi connectivity index (χ0) is 16.4. The minimum absolute atomic E-state index is 0.110. The van der Waals surface area contributed by atoms with Crippen molar-refractivity contribution in [3.05, 3.63) is 52.8 Å². The van der Waals surface area contributed by atoms with E-state index in [1.165, 1.54) is 16.7 Å². The quantitative estimate of drug-likeness (QED) is 0.849. The molecule has 0 saturated heterocycles. The highest BCUT2D eigenvalue weighted by molar-refractivity contribution is 7.89. The number of fused-ring (bicyclic) bond motifs is 1. The second-order valence-corrected chi connectivity index (χ2v) is 7.60. The van der Waals surface area contributed by atoms with Crippen LogP contribution in [-0.4, -0.2) is 30.9 Å². The molecule has 0 N–H and O–H groups in total. The van der Waals surface area contributed by atoms with Gasteiger partial charge >= 0.3 is 0 Å². The Bertz CT molecular complexity index is 824. The molecule has 3 rings (SSSR count). The molecule has 7 heteroatoms. The highest BCUT2D eigenvalue weighted by Crippen LogP contribution is 2.30. The van der Waals surface area contributed by atoms with Gasteiger partial charge in [-0.15, -0.1) is 0 Å². The summed E-state index contributed by atoms with van der Waals surface area (Å²) in [5.41, 5.74) is 2.08. The molecule has 0 unspecified atom stereocenters. The van der Waals surface area contributed by atoms with Gasteiger partial charge in [0.1, 0.15) is 10.6 Å². The molecular weight excluding hydrogens is 336 g/mol. The lowest BCUT2D eigenvalue weighted by atomic mass is 10.0. The maximum Gasteiger partial charge on any atom is 0.248 e. The van der Waals surface area contributed by atoms with Gasteiger partial charge in [-0.2, -0.15) is 4.31 Å². The molecule has 0 fully saturated rings. The third-order valence-corrected chi connectivity index (χ3v) is 5.90. The van der Waals surface area contributed by atoms with E-state index in [9.17, 15) is 8.42 Å². The first kappa shape index (κ1) is 16.2. The van der Waals surface area contributed by atoms with Gasteiger partial charge in [-0.05, 0) is 42.7 Å². The van der Waals surface area contributed by atoms with Crippen molar-refractivity contribution in [2.75, 3.05) is 13.2 Å². The number of pyridine rings is 1. The fraction of sp³-hybridized carbons (Fsp3) is 0.312. The zero-order valence-electron chi connectivity index (χ0n) is 12.7. The van der Waals surface area contributed by atoms with Crippen molar-refractivity contribution in [2.24, 2.45) is 0 Å². The monoisotopic (exact) mass is 352 g/mol. The van der Waals surface area contributed by atoms with Crippen molar-refractivity contribution in [1.82, 2.24) is 9.29 Å². The minimum Gasteiger partial charge on any atom is -0.492 e. The molecule has 0 spiro atoms. The number of aromatic nitrogens is 1.